The number of aryl methyl sites for hydroxylation is 1. The predicted molar refractivity (Wildman–Crippen MR) is 118 cm³/mol. The van der Waals surface area contributed by atoms with Crippen molar-refractivity contribution in [3.05, 3.63) is 78.0 Å². The molecule has 0 saturated heterocycles. The van der Waals surface area contributed by atoms with Crippen LogP contribution in [0, 0.1) is 6.92 Å². The highest BCUT2D eigenvalue weighted by atomic mass is 16.5. The molecule has 0 spiro atoms. The van der Waals surface area contributed by atoms with E-state index >= 15 is 0 Å². The number of carbonyl (C=O) groups excluding carboxylic acids is 2. The second-order valence-corrected chi connectivity index (χ2v) is 7.29. The number of amides is 2. The quantitative estimate of drug-likeness (QED) is 0.528. The van der Waals surface area contributed by atoms with Crippen molar-refractivity contribution >= 4 is 34.1 Å². The summed E-state index contributed by atoms with van der Waals surface area (Å²) in [4.78, 5) is 33.8. The van der Waals surface area contributed by atoms with Gasteiger partial charge in [0.15, 0.2) is 6.61 Å². The number of rotatable bonds is 3. The van der Waals surface area contributed by atoms with Gasteiger partial charge in [-0.25, -0.2) is 4.98 Å². The van der Waals surface area contributed by atoms with Crippen molar-refractivity contribution in [1.29, 1.82) is 0 Å². The number of anilines is 2. The first-order valence-corrected chi connectivity index (χ1v) is 9.78. The van der Waals surface area contributed by atoms with Crippen LogP contribution in [0.5, 0.6) is 5.75 Å². The van der Waals surface area contributed by atoms with Crippen LogP contribution in [0.15, 0.2) is 66.9 Å². The van der Waals surface area contributed by atoms with Crippen LogP contribution in [-0.2, 0) is 4.79 Å². The summed E-state index contributed by atoms with van der Waals surface area (Å²) in [5.41, 5.74) is 4.72. The molecule has 31 heavy (non-hydrogen) atoms. The number of ether oxygens (including phenoxy) is 1. The van der Waals surface area contributed by atoms with Crippen LogP contribution < -0.4 is 15.4 Å². The molecule has 0 aliphatic carbocycles. The van der Waals surface area contributed by atoms with Gasteiger partial charge < -0.3 is 15.4 Å². The number of benzene rings is 2. The number of aromatic nitrogens is 2. The summed E-state index contributed by atoms with van der Waals surface area (Å²) in [5, 5.41) is 6.43. The number of carbonyl (C=O) groups is 2. The van der Waals surface area contributed by atoms with Gasteiger partial charge in [0.2, 0.25) is 0 Å². The molecule has 0 saturated carbocycles. The zero-order valence-electron chi connectivity index (χ0n) is 16.7. The van der Waals surface area contributed by atoms with Gasteiger partial charge in [-0.05, 0) is 49.4 Å². The average Bonchev–Trinajstić information content (AvgIpc) is 2.79. The molecule has 7 heteroatoms. The maximum absolute atomic E-state index is 13.3. The van der Waals surface area contributed by atoms with Crippen molar-refractivity contribution in [1.82, 2.24) is 9.97 Å². The number of hydrogen-bond acceptors (Lipinski definition) is 5. The fourth-order valence-corrected chi connectivity index (χ4v) is 3.52. The first-order valence-electron chi connectivity index (χ1n) is 9.78. The average molecular weight is 410 g/mol. The summed E-state index contributed by atoms with van der Waals surface area (Å²) >= 11 is 0. The largest absolute Gasteiger partial charge is 0.482 e. The summed E-state index contributed by atoms with van der Waals surface area (Å²) in [6.07, 6.45) is 1.70. The van der Waals surface area contributed by atoms with Gasteiger partial charge in [0.1, 0.15) is 5.75 Å². The minimum Gasteiger partial charge on any atom is -0.482 e. The highest BCUT2D eigenvalue weighted by Gasteiger charge is 2.18. The van der Waals surface area contributed by atoms with Gasteiger partial charge in [-0.15, -0.1) is 0 Å². The Balaban J connectivity index is 1.55. The summed E-state index contributed by atoms with van der Waals surface area (Å²) < 4.78 is 5.44. The third-order valence-electron chi connectivity index (χ3n) is 5.01. The van der Waals surface area contributed by atoms with Gasteiger partial charge in [-0.2, -0.15) is 0 Å². The van der Waals surface area contributed by atoms with E-state index in [0.717, 1.165) is 16.5 Å². The van der Waals surface area contributed by atoms with Crippen LogP contribution in [0.2, 0.25) is 0 Å². The van der Waals surface area contributed by atoms with Crippen LogP contribution in [0.25, 0.3) is 22.3 Å². The fourth-order valence-electron chi connectivity index (χ4n) is 3.52. The zero-order valence-corrected chi connectivity index (χ0v) is 16.7. The Morgan fingerprint density at radius 3 is 2.81 bits per heavy atom. The van der Waals surface area contributed by atoms with E-state index in [1.807, 2.05) is 43.3 Å². The summed E-state index contributed by atoms with van der Waals surface area (Å²) in [5.74, 6) is 0.0435. The van der Waals surface area contributed by atoms with E-state index in [2.05, 4.69) is 15.6 Å². The molecule has 0 atom stereocenters. The molecule has 2 aromatic carbocycles. The second kappa shape index (κ2) is 7.53. The Labute approximate surface area is 178 Å². The molecule has 0 fully saturated rings. The maximum Gasteiger partial charge on any atom is 0.262 e. The van der Waals surface area contributed by atoms with Gasteiger partial charge in [0.05, 0.1) is 28.2 Å². The lowest BCUT2D eigenvalue weighted by atomic mass is 10.0. The molecule has 3 heterocycles. The molecular weight excluding hydrogens is 392 g/mol. The highest BCUT2D eigenvalue weighted by molar-refractivity contribution is 6.13. The number of hydrogen-bond donors (Lipinski definition) is 2. The molecule has 2 amide bonds. The number of pyridine rings is 2. The van der Waals surface area contributed by atoms with Crippen molar-refractivity contribution in [2.45, 2.75) is 6.92 Å². The molecule has 0 bridgehead atoms. The number of fused-ring (bicyclic) bond motifs is 2. The van der Waals surface area contributed by atoms with E-state index in [-0.39, 0.29) is 18.4 Å². The van der Waals surface area contributed by atoms with E-state index in [4.69, 9.17) is 9.72 Å². The molecule has 0 radical (unpaired) electrons. The molecule has 4 aromatic rings. The molecule has 0 unspecified atom stereocenters. The molecule has 5 rings (SSSR count). The standard InChI is InChI=1S/C24H18N4O3/c1-14-5-7-18-16(10-14)17(12-21(27-18)19-4-2-3-9-25-19)24(30)26-15-6-8-20-22(11-15)31-13-23(29)28-20/h2-12H,13H2,1H3,(H,26,30)(H,28,29). The molecule has 2 aromatic heterocycles. The van der Waals surface area contributed by atoms with Crippen LogP contribution in [0.3, 0.4) is 0 Å². The van der Waals surface area contributed by atoms with E-state index < -0.39 is 0 Å². The van der Waals surface area contributed by atoms with Crippen molar-refractivity contribution in [2.24, 2.45) is 0 Å². The first kappa shape index (κ1) is 18.7. The molecule has 2 N–H and O–H groups in total. The van der Waals surface area contributed by atoms with E-state index in [0.29, 0.717) is 34.1 Å². The van der Waals surface area contributed by atoms with Crippen LogP contribution in [0.1, 0.15) is 15.9 Å². The fraction of sp³-hybridized carbons (Fsp3) is 0.0833. The molecular formula is C24H18N4O3. The van der Waals surface area contributed by atoms with E-state index in [1.165, 1.54) is 0 Å². The smallest absolute Gasteiger partial charge is 0.262 e. The van der Waals surface area contributed by atoms with E-state index in [9.17, 15) is 9.59 Å². The van der Waals surface area contributed by atoms with Crippen LogP contribution in [0.4, 0.5) is 11.4 Å². The SMILES string of the molecule is Cc1ccc2nc(-c3ccccn3)cc(C(=O)Nc3ccc4c(c3)OCC(=O)N4)c2c1. The zero-order chi connectivity index (χ0) is 21.4. The van der Waals surface area contributed by atoms with Crippen LogP contribution in [-0.4, -0.2) is 28.4 Å². The number of nitrogens with zero attached hydrogens (tertiary/aromatic N) is 2. The molecule has 7 nitrogen and oxygen atoms in total. The minimum absolute atomic E-state index is 0.0495. The van der Waals surface area contributed by atoms with Crippen molar-refractivity contribution in [3.8, 4) is 17.1 Å². The Bertz CT molecular complexity index is 1340. The summed E-state index contributed by atoms with van der Waals surface area (Å²) in [7, 11) is 0. The predicted octanol–water partition coefficient (Wildman–Crippen LogP) is 4.19. The van der Waals surface area contributed by atoms with Gasteiger partial charge in [-0.3, -0.25) is 14.6 Å². The lowest BCUT2D eigenvalue weighted by Crippen LogP contribution is -2.25. The summed E-state index contributed by atoms with van der Waals surface area (Å²) in [6, 6.07) is 18.3. The normalized spacial score (nSPS) is 12.6. The lowest BCUT2D eigenvalue weighted by Gasteiger charge is -2.18. The van der Waals surface area contributed by atoms with Crippen molar-refractivity contribution in [3.63, 3.8) is 0 Å². The van der Waals surface area contributed by atoms with Crippen molar-refractivity contribution in [2.75, 3.05) is 17.2 Å². The van der Waals surface area contributed by atoms with Gasteiger partial charge in [-0.1, -0.05) is 17.7 Å². The Morgan fingerprint density at radius 2 is 1.97 bits per heavy atom. The summed E-state index contributed by atoms with van der Waals surface area (Å²) in [6.45, 7) is 1.93. The Kier molecular flexibility index (Phi) is 4.55. The highest BCUT2D eigenvalue weighted by Crippen LogP contribution is 2.31. The maximum atomic E-state index is 13.3. The lowest BCUT2D eigenvalue weighted by molar-refractivity contribution is -0.118. The third kappa shape index (κ3) is 3.69. The molecule has 152 valence electrons. The topological polar surface area (TPSA) is 93.2 Å². The number of nitrogens with one attached hydrogen (secondary N) is 2. The van der Waals surface area contributed by atoms with Crippen molar-refractivity contribution < 1.29 is 14.3 Å². The van der Waals surface area contributed by atoms with Gasteiger partial charge >= 0.3 is 0 Å². The minimum atomic E-state index is -0.269. The van der Waals surface area contributed by atoms with Gasteiger partial charge in [0.25, 0.3) is 11.8 Å². The van der Waals surface area contributed by atoms with Gasteiger partial charge in [0, 0.05) is 23.3 Å². The third-order valence-corrected chi connectivity index (χ3v) is 5.01. The first-order chi connectivity index (χ1) is 15.1. The molecule has 1 aliphatic rings. The Hall–Kier alpha value is -4.26. The van der Waals surface area contributed by atoms with Crippen LogP contribution >= 0.6 is 0 Å². The monoisotopic (exact) mass is 410 g/mol. The van der Waals surface area contributed by atoms with E-state index in [1.54, 1.807) is 30.5 Å². The molecule has 1 aliphatic heterocycles. The second-order valence-electron chi connectivity index (χ2n) is 7.29. The Morgan fingerprint density at radius 1 is 1.06 bits per heavy atom.